The number of nitrogens with zero attached hydrogens (tertiary/aromatic N) is 3. The molecule has 4 heteroatoms. The molecule has 1 heterocycles. The van der Waals surface area contributed by atoms with Crippen LogP contribution in [0.4, 0.5) is 0 Å². The Kier molecular flexibility index (Phi) is 7.18. The second kappa shape index (κ2) is 10.5. The van der Waals surface area contributed by atoms with Gasteiger partial charge in [0.1, 0.15) is 0 Å². The molecule has 0 amide bonds. The quantitative estimate of drug-likeness (QED) is 0.211. The topological polar surface area (TPSA) is 38.7 Å². The van der Waals surface area contributed by atoms with Gasteiger partial charge in [0.15, 0.2) is 17.5 Å². The molecule has 5 aromatic rings. The van der Waals surface area contributed by atoms with E-state index in [-0.39, 0.29) is 10.2 Å². The normalized spacial score (nSPS) is 11.9. The van der Waals surface area contributed by atoms with Gasteiger partial charge in [-0.05, 0) is 48.6 Å². The van der Waals surface area contributed by atoms with Crippen molar-refractivity contribution in [2.75, 3.05) is 0 Å². The molecule has 0 bridgehead atoms. The SMILES string of the molecule is CC(C)(C)C(C)(C)Sc1cccc(-c2cccc(-c3nc(-c4ccccc4)nc(-c4ccccc4)n3)c2)c1. The smallest absolute Gasteiger partial charge is 0.164 e. The Bertz CT molecular complexity index is 1480. The number of benzene rings is 4. The molecule has 5 rings (SSSR count). The van der Waals surface area contributed by atoms with Crippen LogP contribution in [-0.2, 0) is 0 Å². The minimum absolute atomic E-state index is 0.0973. The average molecular weight is 516 g/mol. The molecule has 1 aromatic heterocycles. The van der Waals surface area contributed by atoms with Crippen molar-refractivity contribution < 1.29 is 0 Å². The van der Waals surface area contributed by atoms with Crippen molar-refractivity contribution >= 4 is 11.8 Å². The lowest BCUT2D eigenvalue weighted by Gasteiger charge is -2.38. The molecule has 3 nitrogen and oxygen atoms in total. The van der Waals surface area contributed by atoms with Crippen molar-refractivity contribution in [1.82, 2.24) is 15.0 Å². The number of aromatic nitrogens is 3. The second-order valence-corrected chi connectivity index (χ2v) is 12.7. The summed E-state index contributed by atoms with van der Waals surface area (Å²) in [6.07, 6.45) is 0. The second-order valence-electron chi connectivity index (χ2n) is 11.0. The third kappa shape index (κ3) is 5.71. The molecule has 0 unspecified atom stereocenters. The summed E-state index contributed by atoms with van der Waals surface area (Å²) in [6.45, 7) is 11.5. The van der Waals surface area contributed by atoms with Gasteiger partial charge in [-0.25, -0.2) is 15.0 Å². The van der Waals surface area contributed by atoms with Crippen molar-refractivity contribution in [3.63, 3.8) is 0 Å². The molecule has 0 aliphatic heterocycles. The van der Waals surface area contributed by atoms with Gasteiger partial charge < -0.3 is 0 Å². The third-order valence-electron chi connectivity index (χ3n) is 7.17. The van der Waals surface area contributed by atoms with E-state index in [1.807, 2.05) is 72.4 Å². The third-order valence-corrected chi connectivity index (χ3v) is 8.78. The fourth-order valence-electron chi connectivity index (χ4n) is 3.96. The Morgan fingerprint density at radius 1 is 0.447 bits per heavy atom. The number of rotatable bonds is 6. The zero-order valence-electron chi connectivity index (χ0n) is 22.6. The Morgan fingerprint density at radius 2 is 0.868 bits per heavy atom. The van der Waals surface area contributed by atoms with Gasteiger partial charge in [0.25, 0.3) is 0 Å². The average Bonchev–Trinajstić information content (AvgIpc) is 2.93. The molecule has 0 N–H and O–H groups in total. The van der Waals surface area contributed by atoms with E-state index in [1.54, 1.807) is 0 Å². The molecule has 0 spiro atoms. The summed E-state index contributed by atoms with van der Waals surface area (Å²) < 4.78 is 0.0973. The predicted octanol–water partition coefficient (Wildman–Crippen LogP) is 9.46. The van der Waals surface area contributed by atoms with Crippen LogP contribution >= 0.6 is 11.8 Å². The number of hydrogen-bond donors (Lipinski definition) is 0. The van der Waals surface area contributed by atoms with Gasteiger partial charge in [-0.2, -0.15) is 0 Å². The first-order valence-corrected chi connectivity index (χ1v) is 13.8. The fraction of sp³-hybridized carbons (Fsp3) is 0.206. The number of hydrogen-bond acceptors (Lipinski definition) is 4. The van der Waals surface area contributed by atoms with Gasteiger partial charge in [0.2, 0.25) is 0 Å². The van der Waals surface area contributed by atoms with Crippen LogP contribution in [0.15, 0.2) is 114 Å². The van der Waals surface area contributed by atoms with Gasteiger partial charge in [-0.15, -0.1) is 11.8 Å². The molecule has 0 saturated carbocycles. The van der Waals surface area contributed by atoms with E-state index in [9.17, 15) is 0 Å². The lowest BCUT2D eigenvalue weighted by atomic mass is 9.83. The lowest BCUT2D eigenvalue weighted by Crippen LogP contribution is -2.32. The summed E-state index contributed by atoms with van der Waals surface area (Å²) in [4.78, 5) is 15.9. The van der Waals surface area contributed by atoms with E-state index in [2.05, 4.69) is 83.1 Å². The van der Waals surface area contributed by atoms with Crippen molar-refractivity contribution in [2.24, 2.45) is 5.41 Å². The highest BCUT2D eigenvalue weighted by molar-refractivity contribution is 8.00. The van der Waals surface area contributed by atoms with E-state index in [1.165, 1.54) is 10.5 Å². The fourth-order valence-corrected chi connectivity index (χ4v) is 5.19. The van der Waals surface area contributed by atoms with Crippen LogP contribution in [0.1, 0.15) is 34.6 Å². The Labute approximate surface area is 230 Å². The van der Waals surface area contributed by atoms with Crippen LogP contribution in [-0.4, -0.2) is 19.7 Å². The first kappa shape index (κ1) is 25.9. The summed E-state index contributed by atoms with van der Waals surface area (Å²) in [7, 11) is 0. The largest absolute Gasteiger partial charge is 0.208 e. The maximum atomic E-state index is 4.90. The Hall–Kier alpha value is -3.76. The van der Waals surface area contributed by atoms with Crippen LogP contribution in [0, 0.1) is 5.41 Å². The summed E-state index contributed by atoms with van der Waals surface area (Å²) in [6, 6.07) is 37.5. The standard InChI is InChI=1S/C34H33N3S/c1-33(2,3)34(4,5)38-29-21-13-19-27(23-29)26-18-12-20-28(22-26)32-36-30(24-14-8-6-9-15-24)35-31(37-32)25-16-10-7-11-17-25/h6-23H,1-5H3. The van der Waals surface area contributed by atoms with Gasteiger partial charge in [0, 0.05) is 26.3 Å². The van der Waals surface area contributed by atoms with Crippen LogP contribution in [0.5, 0.6) is 0 Å². The van der Waals surface area contributed by atoms with Gasteiger partial charge in [0.05, 0.1) is 0 Å². The molecule has 0 radical (unpaired) electrons. The van der Waals surface area contributed by atoms with Crippen molar-refractivity contribution in [2.45, 2.75) is 44.3 Å². The zero-order chi connectivity index (χ0) is 26.8. The summed E-state index contributed by atoms with van der Waals surface area (Å²) in [5.41, 5.74) is 5.40. The van der Waals surface area contributed by atoms with Crippen LogP contribution < -0.4 is 0 Å². The van der Waals surface area contributed by atoms with Crippen LogP contribution in [0.3, 0.4) is 0 Å². The van der Waals surface area contributed by atoms with E-state index in [0.29, 0.717) is 17.5 Å². The van der Waals surface area contributed by atoms with Crippen molar-refractivity contribution in [3.8, 4) is 45.3 Å². The zero-order valence-corrected chi connectivity index (χ0v) is 23.5. The first-order chi connectivity index (χ1) is 18.2. The molecule has 0 saturated heterocycles. The van der Waals surface area contributed by atoms with E-state index < -0.39 is 0 Å². The minimum Gasteiger partial charge on any atom is -0.208 e. The predicted molar refractivity (Wildman–Crippen MR) is 161 cm³/mol. The molecule has 0 atom stereocenters. The number of thioether (sulfide) groups is 1. The molecular formula is C34H33N3S. The van der Waals surface area contributed by atoms with Crippen LogP contribution in [0.2, 0.25) is 0 Å². The molecule has 0 aliphatic rings. The molecule has 38 heavy (non-hydrogen) atoms. The highest BCUT2D eigenvalue weighted by Crippen LogP contribution is 2.45. The maximum Gasteiger partial charge on any atom is 0.164 e. The van der Waals surface area contributed by atoms with Crippen molar-refractivity contribution in [1.29, 1.82) is 0 Å². The Balaban J connectivity index is 1.55. The first-order valence-electron chi connectivity index (χ1n) is 13.0. The monoisotopic (exact) mass is 515 g/mol. The van der Waals surface area contributed by atoms with E-state index in [4.69, 9.17) is 15.0 Å². The van der Waals surface area contributed by atoms with E-state index in [0.717, 1.165) is 22.3 Å². The summed E-state index contributed by atoms with van der Waals surface area (Å²) >= 11 is 1.93. The summed E-state index contributed by atoms with van der Waals surface area (Å²) in [5.74, 6) is 2.00. The van der Waals surface area contributed by atoms with E-state index >= 15 is 0 Å². The van der Waals surface area contributed by atoms with Gasteiger partial charge >= 0.3 is 0 Å². The molecular weight excluding hydrogens is 482 g/mol. The minimum atomic E-state index is 0.0973. The van der Waals surface area contributed by atoms with Gasteiger partial charge in [-0.3, -0.25) is 0 Å². The molecule has 0 aliphatic carbocycles. The van der Waals surface area contributed by atoms with Crippen LogP contribution in [0.25, 0.3) is 45.3 Å². The van der Waals surface area contributed by atoms with Crippen molar-refractivity contribution in [3.05, 3.63) is 109 Å². The molecule has 4 aromatic carbocycles. The highest BCUT2D eigenvalue weighted by atomic mass is 32.2. The van der Waals surface area contributed by atoms with Gasteiger partial charge in [-0.1, -0.05) is 112 Å². The Morgan fingerprint density at radius 3 is 1.39 bits per heavy atom. The highest BCUT2D eigenvalue weighted by Gasteiger charge is 2.33. The lowest BCUT2D eigenvalue weighted by molar-refractivity contribution is 0.320. The summed E-state index contributed by atoms with van der Waals surface area (Å²) in [5, 5.41) is 0. The maximum absolute atomic E-state index is 4.90. The molecule has 0 fully saturated rings. The molecule has 190 valence electrons.